The highest BCUT2D eigenvalue weighted by Crippen LogP contribution is 2.28. The van der Waals surface area contributed by atoms with Crippen LogP contribution < -0.4 is 0 Å². The normalized spacial score (nSPS) is 17.0. The first-order valence-electron chi connectivity index (χ1n) is 7.76. The molecule has 0 fully saturated rings. The van der Waals surface area contributed by atoms with Crippen molar-refractivity contribution in [3.63, 3.8) is 0 Å². The zero-order chi connectivity index (χ0) is 16.5. The zero-order valence-electron chi connectivity index (χ0n) is 14.5. The maximum atomic E-state index is 9.22. The van der Waals surface area contributed by atoms with Gasteiger partial charge in [0, 0.05) is 13.7 Å². The Kier molecular flexibility index (Phi) is 10.2. The molecule has 0 amide bonds. The van der Waals surface area contributed by atoms with E-state index in [1.807, 2.05) is 0 Å². The van der Waals surface area contributed by atoms with Gasteiger partial charge in [-0.2, -0.15) is 0 Å². The monoisotopic (exact) mass is 338 g/mol. The Morgan fingerprint density at radius 3 is 2.19 bits per heavy atom. The molecule has 0 aliphatic heterocycles. The average molecular weight is 339 g/mol. The molecular formula is C14H34O5Si2. The molecule has 2 unspecified atom stereocenters. The molecule has 0 aliphatic rings. The fourth-order valence-electron chi connectivity index (χ4n) is 2.32. The zero-order valence-corrected chi connectivity index (χ0v) is 16.5. The Labute approximate surface area is 132 Å². The second-order valence-corrected chi connectivity index (χ2v) is 15.1. The summed E-state index contributed by atoms with van der Waals surface area (Å²) in [7, 11) is -2.06. The third-order valence-electron chi connectivity index (χ3n) is 2.95. The molecule has 21 heavy (non-hydrogen) atoms. The first-order valence-corrected chi connectivity index (χ1v) is 13.4. The van der Waals surface area contributed by atoms with E-state index >= 15 is 0 Å². The average Bonchev–Trinajstić information content (AvgIpc) is 2.35. The van der Waals surface area contributed by atoms with E-state index in [1.54, 1.807) is 7.11 Å². The van der Waals surface area contributed by atoms with Gasteiger partial charge in [0.25, 0.3) is 0 Å². The smallest absolute Gasteiger partial charge is 0.327 e. The van der Waals surface area contributed by atoms with Gasteiger partial charge in [-0.1, -0.05) is 13.8 Å². The summed E-state index contributed by atoms with van der Waals surface area (Å²) in [6.07, 6.45) is 0.0680. The van der Waals surface area contributed by atoms with Crippen molar-refractivity contribution in [2.24, 2.45) is 5.92 Å². The van der Waals surface area contributed by atoms with E-state index in [4.69, 9.17) is 18.4 Å². The lowest BCUT2D eigenvalue weighted by Crippen LogP contribution is -2.49. The SMILES string of the molecule is CO[Si](CCCOCC(O)CO)(CC(C)C)O[Si](C)(C)C. The molecule has 5 nitrogen and oxygen atoms in total. The summed E-state index contributed by atoms with van der Waals surface area (Å²) in [5.41, 5.74) is 0. The molecule has 0 spiro atoms. The first kappa shape index (κ1) is 21.2. The van der Waals surface area contributed by atoms with Crippen LogP contribution in [0.3, 0.4) is 0 Å². The van der Waals surface area contributed by atoms with Gasteiger partial charge in [0.2, 0.25) is 0 Å². The second kappa shape index (κ2) is 10.1. The Hall–Kier alpha value is 0.234. The Bertz CT molecular complexity index is 271. The van der Waals surface area contributed by atoms with E-state index in [2.05, 4.69) is 33.5 Å². The number of rotatable bonds is 12. The van der Waals surface area contributed by atoms with Gasteiger partial charge >= 0.3 is 8.56 Å². The lowest BCUT2D eigenvalue weighted by Gasteiger charge is -2.36. The number of aliphatic hydroxyl groups excluding tert-OH is 2. The molecule has 2 N–H and O–H groups in total. The maximum absolute atomic E-state index is 9.22. The van der Waals surface area contributed by atoms with Crippen molar-refractivity contribution >= 4 is 16.9 Å². The molecular weight excluding hydrogens is 304 g/mol. The van der Waals surface area contributed by atoms with Gasteiger partial charge in [-0.3, -0.25) is 0 Å². The number of ether oxygens (including phenoxy) is 1. The minimum absolute atomic E-state index is 0.178. The van der Waals surface area contributed by atoms with Crippen molar-refractivity contribution in [3.05, 3.63) is 0 Å². The molecule has 128 valence electrons. The molecule has 0 aromatic carbocycles. The topological polar surface area (TPSA) is 68.2 Å². The molecule has 0 aromatic rings. The summed E-state index contributed by atoms with van der Waals surface area (Å²) in [6.45, 7) is 11.5. The second-order valence-electron chi connectivity index (χ2n) is 6.94. The molecule has 7 heteroatoms. The van der Waals surface area contributed by atoms with Gasteiger partial charge in [0.05, 0.1) is 13.2 Å². The van der Waals surface area contributed by atoms with Gasteiger partial charge in [0.1, 0.15) is 6.10 Å². The van der Waals surface area contributed by atoms with E-state index in [9.17, 15) is 5.11 Å². The highest BCUT2D eigenvalue weighted by Gasteiger charge is 2.40. The van der Waals surface area contributed by atoms with Gasteiger partial charge in [0.15, 0.2) is 8.32 Å². The van der Waals surface area contributed by atoms with Crippen LogP contribution in [0.15, 0.2) is 0 Å². The van der Waals surface area contributed by atoms with Crippen LogP contribution in [0.5, 0.6) is 0 Å². The van der Waals surface area contributed by atoms with Crippen molar-refractivity contribution in [2.75, 3.05) is 26.9 Å². The van der Waals surface area contributed by atoms with Crippen LogP contribution in [-0.2, 0) is 13.3 Å². The summed E-state index contributed by atoms with van der Waals surface area (Å²) in [6, 6.07) is 1.90. The van der Waals surface area contributed by atoms with E-state index in [0.29, 0.717) is 12.5 Å². The summed E-state index contributed by atoms with van der Waals surface area (Å²) in [5.74, 6) is 0.546. The third-order valence-corrected chi connectivity index (χ3v) is 10.2. The minimum atomic E-state index is -2.18. The summed E-state index contributed by atoms with van der Waals surface area (Å²) in [5, 5.41) is 18.0. The molecule has 2 atom stereocenters. The highest BCUT2D eigenvalue weighted by molar-refractivity contribution is 6.82. The summed E-state index contributed by atoms with van der Waals surface area (Å²) >= 11 is 0. The van der Waals surface area contributed by atoms with Crippen LogP contribution in [0, 0.1) is 5.92 Å². The Morgan fingerprint density at radius 2 is 1.76 bits per heavy atom. The fraction of sp³-hybridized carbons (Fsp3) is 1.00. The lowest BCUT2D eigenvalue weighted by atomic mass is 10.3. The molecule has 0 bridgehead atoms. The quantitative estimate of drug-likeness (QED) is 0.422. The van der Waals surface area contributed by atoms with E-state index in [-0.39, 0.29) is 13.2 Å². The molecule has 0 radical (unpaired) electrons. The van der Waals surface area contributed by atoms with Gasteiger partial charge in [-0.15, -0.1) is 0 Å². The minimum Gasteiger partial charge on any atom is -0.436 e. The summed E-state index contributed by atoms with van der Waals surface area (Å²) in [4.78, 5) is 0. The van der Waals surface area contributed by atoms with Gasteiger partial charge in [-0.05, 0) is 44.1 Å². The van der Waals surface area contributed by atoms with Crippen LogP contribution in [0.25, 0.3) is 0 Å². The van der Waals surface area contributed by atoms with Crippen LogP contribution in [0.2, 0.25) is 31.7 Å². The van der Waals surface area contributed by atoms with Crippen molar-refractivity contribution in [1.82, 2.24) is 0 Å². The molecule has 0 saturated carbocycles. The highest BCUT2D eigenvalue weighted by atomic mass is 28.4. The van der Waals surface area contributed by atoms with E-state index in [0.717, 1.165) is 18.5 Å². The van der Waals surface area contributed by atoms with Crippen molar-refractivity contribution < 1.29 is 23.5 Å². The van der Waals surface area contributed by atoms with E-state index in [1.165, 1.54) is 0 Å². The summed E-state index contributed by atoms with van der Waals surface area (Å²) < 4.78 is 17.7. The molecule has 0 heterocycles. The number of hydrogen-bond acceptors (Lipinski definition) is 5. The van der Waals surface area contributed by atoms with E-state index < -0.39 is 23.0 Å². The predicted octanol–water partition coefficient (Wildman–Crippen LogP) is 2.34. The van der Waals surface area contributed by atoms with Gasteiger partial charge in [-0.25, -0.2) is 0 Å². The van der Waals surface area contributed by atoms with Crippen LogP contribution >= 0.6 is 0 Å². The van der Waals surface area contributed by atoms with Crippen molar-refractivity contribution in [1.29, 1.82) is 0 Å². The Morgan fingerprint density at radius 1 is 1.14 bits per heavy atom. The Balaban J connectivity index is 4.39. The van der Waals surface area contributed by atoms with Crippen LogP contribution in [0.1, 0.15) is 20.3 Å². The fourth-order valence-corrected chi connectivity index (χ4v) is 10.4. The van der Waals surface area contributed by atoms with Gasteiger partial charge < -0.3 is 23.5 Å². The maximum Gasteiger partial charge on any atom is 0.327 e. The van der Waals surface area contributed by atoms with Crippen molar-refractivity contribution in [3.8, 4) is 0 Å². The molecule has 0 rings (SSSR count). The number of aliphatic hydroxyl groups is 2. The van der Waals surface area contributed by atoms with Crippen molar-refractivity contribution in [2.45, 2.75) is 58.1 Å². The number of hydrogen-bond donors (Lipinski definition) is 2. The lowest BCUT2D eigenvalue weighted by molar-refractivity contribution is 0.00616. The predicted molar refractivity (Wildman–Crippen MR) is 90.2 cm³/mol. The standard InChI is InChI=1S/C14H34O5Si2/c1-13(2)12-21(17-3,19-20(4,5)6)9-7-8-18-11-14(16)10-15/h13-16H,7-12H2,1-6H3. The molecule has 0 aromatic heterocycles. The van der Waals surface area contributed by atoms with Crippen LogP contribution in [0.4, 0.5) is 0 Å². The van der Waals surface area contributed by atoms with Crippen LogP contribution in [-0.4, -0.2) is 60.1 Å². The molecule has 0 aliphatic carbocycles. The molecule has 0 saturated heterocycles. The first-order chi connectivity index (χ1) is 9.64. The third kappa shape index (κ3) is 10.6. The largest absolute Gasteiger partial charge is 0.436 e.